The molecule has 38 heavy (non-hydrogen) atoms. The Labute approximate surface area is 223 Å². The lowest BCUT2D eigenvalue weighted by Crippen LogP contribution is -2.39. The van der Waals surface area contributed by atoms with Crippen molar-refractivity contribution in [1.82, 2.24) is 9.88 Å². The number of benzene rings is 2. The third-order valence-corrected chi connectivity index (χ3v) is 7.92. The molecule has 4 rings (SSSR count). The average molecular weight is 547 g/mol. The number of nitrogens with zero attached hydrogens (tertiary/aromatic N) is 2. The van der Waals surface area contributed by atoms with Crippen LogP contribution in [0.25, 0.3) is 10.6 Å². The number of carboxylic acids is 1. The number of thiazole rings is 1. The minimum absolute atomic E-state index is 0.0474. The lowest BCUT2D eigenvalue weighted by atomic mass is 9.89. The van der Waals surface area contributed by atoms with E-state index in [1.165, 1.54) is 37.3 Å². The lowest BCUT2D eigenvalue weighted by Gasteiger charge is -2.33. The van der Waals surface area contributed by atoms with E-state index in [1.807, 2.05) is 25.1 Å². The quantitative estimate of drug-likeness (QED) is 0.372. The van der Waals surface area contributed by atoms with Gasteiger partial charge in [-0.25, -0.2) is 9.78 Å². The minimum atomic E-state index is -4.42. The van der Waals surface area contributed by atoms with Crippen LogP contribution in [0.1, 0.15) is 64.7 Å². The molecule has 0 spiro atoms. The van der Waals surface area contributed by atoms with Gasteiger partial charge in [0.1, 0.15) is 15.6 Å². The first kappa shape index (κ1) is 27.6. The highest BCUT2D eigenvalue weighted by molar-refractivity contribution is 7.17. The van der Waals surface area contributed by atoms with Crippen LogP contribution in [0.15, 0.2) is 42.5 Å². The van der Waals surface area contributed by atoms with E-state index in [1.54, 1.807) is 11.8 Å². The van der Waals surface area contributed by atoms with Gasteiger partial charge in [-0.05, 0) is 69.9 Å². The predicted molar refractivity (Wildman–Crippen MR) is 139 cm³/mol. The first-order chi connectivity index (χ1) is 17.8. The van der Waals surface area contributed by atoms with Gasteiger partial charge in [0.15, 0.2) is 5.60 Å². The van der Waals surface area contributed by atoms with E-state index in [9.17, 15) is 27.9 Å². The molecule has 10 heteroatoms. The van der Waals surface area contributed by atoms with Gasteiger partial charge >= 0.3 is 12.1 Å². The Hall–Kier alpha value is -3.40. The van der Waals surface area contributed by atoms with Gasteiger partial charge in [-0.3, -0.25) is 4.79 Å². The van der Waals surface area contributed by atoms with E-state index >= 15 is 0 Å². The summed E-state index contributed by atoms with van der Waals surface area (Å²) in [6.07, 6.45) is -2.75. The van der Waals surface area contributed by atoms with Gasteiger partial charge in [0.2, 0.25) is 0 Å². The summed E-state index contributed by atoms with van der Waals surface area (Å²) in [7, 11) is 0. The van der Waals surface area contributed by atoms with Gasteiger partial charge in [0, 0.05) is 24.6 Å². The second-order valence-corrected chi connectivity index (χ2v) is 11.0. The fourth-order valence-electron chi connectivity index (χ4n) is 4.40. The van der Waals surface area contributed by atoms with Crippen molar-refractivity contribution in [3.05, 3.63) is 69.7 Å². The number of aromatic nitrogens is 1. The Bertz CT molecular complexity index is 1350. The molecular weight excluding hydrogens is 517 g/mol. The van der Waals surface area contributed by atoms with Crippen LogP contribution >= 0.6 is 11.3 Å². The number of ether oxygens (including phenoxy) is 1. The van der Waals surface area contributed by atoms with Crippen LogP contribution in [0.3, 0.4) is 0 Å². The van der Waals surface area contributed by atoms with E-state index in [-0.39, 0.29) is 11.8 Å². The van der Waals surface area contributed by atoms with Gasteiger partial charge in [-0.2, -0.15) is 13.2 Å². The summed E-state index contributed by atoms with van der Waals surface area (Å²) < 4.78 is 44.5. The Morgan fingerprint density at radius 2 is 1.79 bits per heavy atom. The van der Waals surface area contributed by atoms with Crippen LogP contribution < -0.4 is 4.74 Å². The third-order valence-electron chi connectivity index (χ3n) is 6.72. The summed E-state index contributed by atoms with van der Waals surface area (Å²) in [5, 5.41) is 9.93. The van der Waals surface area contributed by atoms with Crippen molar-refractivity contribution < 1.29 is 32.6 Å². The van der Waals surface area contributed by atoms with Gasteiger partial charge in [0.05, 0.1) is 11.3 Å². The van der Waals surface area contributed by atoms with Crippen LogP contribution in [-0.4, -0.2) is 45.6 Å². The van der Waals surface area contributed by atoms with Gasteiger partial charge in [-0.15, -0.1) is 11.3 Å². The highest BCUT2D eigenvalue weighted by Crippen LogP contribution is 2.36. The van der Waals surface area contributed by atoms with Crippen molar-refractivity contribution in [1.29, 1.82) is 0 Å². The monoisotopic (exact) mass is 546 g/mol. The second-order valence-electron chi connectivity index (χ2n) is 10.0. The number of hydrogen-bond acceptors (Lipinski definition) is 5. The summed E-state index contributed by atoms with van der Waals surface area (Å²) in [5.41, 5.74) is 0.740. The smallest absolute Gasteiger partial charge is 0.416 e. The molecule has 202 valence electrons. The largest absolute Gasteiger partial charge is 0.478 e. The molecule has 0 aliphatic carbocycles. The Morgan fingerprint density at radius 3 is 2.42 bits per heavy atom. The highest BCUT2D eigenvalue weighted by atomic mass is 32.1. The molecule has 0 saturated carbocycles. The molecular formula is C28H29F3N2O4S. The van der Waals surface area contributed by atoms with Crippen molar-refractivity contribution in [2.75, 3.05) is 13.1 Å². The third kappa shape index (κ3) is 5.85. The predicted octanol–water partition coefficient (Wildman–Crippen LogP) is 6.71. The maximum absolute atomic E-state index is 13.5. The number of hydrogen-bond donors (Lipinski definition) is 1. The van der Waals surface area contributed by atoms with E-state index in [0.29, 0.717) is 40.0 Å². The van der Waals surface area contributed by atoms with Crippen LogP contribution in [0.2, 0.25) is 0 Å². The molecule has 1 saturated heterocycles. The Kier molecular flexibility index (Phi) is 7.56. The topological polar surface area (TPSA) is 79.7 Å². The van der Waals surface area contributed by atoms with Gasteiger partial charge in [-0.1, -0.05) is 24.3 Å². The number of aryl methyl sites for hydroxylation is 2. The minimum Gasteiger partial charge on any atom is -0.478 e. The van der Waals surface area contributed by atoms with Crippen molar-refractivity contribution in [2.24, 2.45) is 0 Å². The van der Waals surface area contributed by atoms with Crippen LogP contribution in [0.5, 0.6) is 5.75 Å². The number of rotatable bonds is 6. The molecule has 0 radical (unpaired) electrons. The Morgan fingerprint density at radius 1 is 1.11 bits per heavy atom. The number of piperidine rings is 1. The number of alkyl halides is 3. The molecule has 1 aromatic heterocycles. The Balaban J connectivity index is 1.52. The summed E-state index contributed by atoms with van der Waals surface area (Å²) in [6.45, 7) is 7.65. The summed E-state index contributed by atoms with van der Waals surface area (Å²) in [4.78, 5) is 31.7. The first-order valence-corrected chi connectivity index (χ1v) is 13.0. The zero-order valence-corrected chi connectivity index (χ0v) is 22.4. The zero-order chi connectivity index (χ0) is 27.8. The summed E-state index contributed by atoms with van der Waals surface area (Å²) >= 11 is 1.18. The van der Waals surface area contributed by atoms with Crippen molar-refractivity contribution in [3.63, 3.8) is 0 Å². The van der Waals surface area contributed by atoms with E-state index < -0.39 is 23.3 Å². The molecule has 1 aliphatic rings. The SMILES string of the molecule is Cc1ccc([C@@H]2CCCN(C(=O)c3sc(-c4ccc(C(F)(F)F)cc4)nc3C)C2)cc1OC(C)(C)C(=O)O. The maximum atomic E-state index is 13.5. The zero-order valence-electron chi connectivity index (χ0n) is 21.6. The van der Waals surface area contributed by atoms with Crippen LogP contribution in [0.4, 0.5) is 13.2 Å². The maximum Gasteiger partial charge on any atom is 0.416 e. The number of likely N-dealkylation sites (tertiary alicyclic amines) is 1. The molecule has 1 N–H and O–H groups in total. The molecule has 2 aromatic carbocycles. The number of halogens is 3. The standard InChI is InChI=1S/C28H29F3N2O4S/c1-16-7-8-19(14-22(16)37-27(3,4)26(35)36)20-6-5-13-33(15-20)25(34)23-17(2)32-24(38-23)18-9-11-21(12-10-18)28(29,30)31/h7-12,14,20H,5-6,13,15H2,1-4H3,(H,35,36)/t20-/m1/s1. The number of amides is 1. The molecule has 2 heterocycles. The van der Waals surface area contributed by atoms with Crippen LogP contribution in [0, 0.1) is 13.8 Å². The van der Waals surface area contributed by atoms with E-state index in [4.69, 9.17) is 4.74 Å². The molecule has 1 aliphatic heterocycles. The molecule has 1 fully saturated rings. The molecule has 0 unspecified atom stereocenters. The number of carboxylic acid groups (broad SMARTS) is 1. The molecule has 6 nitrogen and oxygen atoms in total. The fourth-order valence-corrected chi connectivity index (χ4v) is 5.44. The van der Waals surface area contributed by atoms with Crippen molar-refractivity contribution in [2.45, 2.75) is 58.2 Å². The molecule has 1 atom stereocenters. The van der Waals surface area contributed by atoms with Crippen molar-refractivity contribution in [3.8, 4) is 16.3 Å². The summed E-state index contributed by atoms with van der Waals surface area (Å²) in [6, 6.07) is 10.5. The summed E-state index contributed by atoms with van der Waals surface area (Å²) in [5.74, 6) is -0.671. The van der Waals surface area contributed by atoms with Gasteiger partial charge < -0.3 is 14.7 Å². The highest BCUT2D eigenvalue weighted by Gasteiger charge is 2.32. The first-order valence-electron chi connectivity index (χ1n) is 12.2. The average Bonchev–Trinajstić information content (AvgIpc) is 3.26. The van der Waals surface area contributed by atoms with Gasteiger partial charge in [0.25, 0.3) is 5.91 Å². The molecule has 3 aromatic rings. The van der Waals surface area contributed by atoms with Crippen molar-refractivity contribution >= 4 is 23.2 Å². The number of aliphatic carboxylic acids is 1. The number of carbonyl (C=O) groups excluding carboxylic acids is 1. The molecule has 0 bridgehead atoms. The van der Waals surface area contributed by atoms with E-state index in [0.717, 1.165) is 36.1 Å². The molecule has 1 amide bonds. The van der Waals surface area contributed by atoms with Crippen LogP contribution in [-0.2, 0) is 11.0 Å². The normalized spacial score (nSPS) is 16.4. The van der Waals surface area contributed by atoms with E-state index in [2.05, 4.69) is 4.98 Å². The fraction of sp³-hybridized carbons (Fsp3) is 0.393. The second kappa shape index (κ2) is 10.4. The number of carbonyl (C=O) groups is 2. The lowest BCUT2D eigenvalue weighted by molar-refractivity contribution is -0.152.